The van der Waals surface area contributed by atoms with Gasteiger partial charge in [-0.15, -0.1) is 0 Å². The van der Waals surface area contributed by atoms with Crippen molar-refractivity contribution in [2.45, 2.75) is 26.9 Å². The summed E-state index contributed by atoms with van der Waals surface area (Å²) in [7, 11) is 0. The number of benzene rings is 1. The fraction of sp³-hybridized carbons (Fsp3) is 0.250. The molecule has 2 aromatic rings. The van der Waals surface area contributed by atoms with Crippen molar-refractivity contribution in [1.82, 2.24) is 10.9 Å². The molecule has 0 saturated heterocycles. The number of ether oxygens (including phenoxy) is 1. The van der Waals surface area contributed by atoms with Crippen LogP contribution >= 0.6 is 23.2 Å². The Morgan fingerprint density at radius 1 is 1.21 bits per heavy atom. The number of rotatable bonds is 4. The van der Waals surface area contributed by atoms with Crippen LogP contribution in [0.4, 0.5) is 0 Å². The van der Waals surface area contributed by atoms with Crippen LogP contribution in [0.1, 0.15) is 28.8 Å². The average Bonchev–Trinajstić information content (AvgIpc) is 2.87. The lowest BCUT2D eigenvalue weighted by Crippen LogP contribution is -2.47. The predicted molar refractivity (Wildman–Crippen MR) is 90.3 cm³/mol. The first kappa shape index (κ1) is 18.2. The molecule has 0 aliphatic heterocycles. The van der Waals surface area contributed by atoms with E-state index in [4.69, 9.17) is 32.4 Å². The lowest BCUT2D eigenvalue weighted by Gasteiger charge is -2.16. The van der Waals surface area contributed by atoms with Crippen molar-refractivity contribution in [3.05, 3.63) is 51.4 Å². The van der Waals surface area contributed by atoms with Gasteiger partial charge in [0.25, 0.3) is 11.8 Å². The molecule has 6 nitrogen and oxygen atoms in total. The SMILES string of the molecule is Cc1cc(C(=O)NNC(=O)C(C)Oc2cccc(Cl)c2Cl)c(C)o1. The zero-order chi connectivity index (χ0) is 17.9. The number of carbonyl (C=O) groups is 2. The molecule has 1 unspecified atom stereocenters. The van der Waals surface area contributed by atoms with E-state index < -0.39 is 17.9 Å². The largest absolute Gasteiger partial charge is 0.479 e. The number of halogens is 2. The van der Waals surface area contributed by atoms with E-state index in [2.05, 4.69) is 10.9 Å². The van der Waals surface area contributed by atoms with Crippen LogP contribution in [0.5, 0.6) is 5.75 Å². The monoisotopic (exact) mass is 370 g/mol. The molecule has 0 aliphatic rings. The van der Waals surface area contributed by atoms with Gasteiger partial charge in [-0.05, 0) is 39.0 Å². The first-order chi connectivity index (χ1) is 11.3. The van der Waals surface area contributed by atoms with E-state index in [1.807, 2.05) is 0 Å². The quantitative estimate of drug-likeness (QED) is 0.807. The average molecular weight is 371 g/mol. The van der Waals surface area contributed by atoms with E-state index in [1.54, 1.807) is 38.1 Å². The van der Waals surface area contributed by atoms with Crippen LogP contribution in [-0.2, 0) is 4.79 Å². The molecule has 2 rings (SSSR count). The number of hydrogen-bond donors (Lipinski definition) is 2. The fourth-order valence-electron chi connectivity index (χ4n) is 1.96. The number of furan rings is 1. The molecule has 1 aromatic carbocycles. The Bertz CT molecular complexity index is 773. The maximum Gasteiger partial charge on any atom is 0.279 e. The predicted octanol–water partition coefficient (Wildman–Crippen LogP) is 3.43. The van der Waals surface area contributed by atoms with Crippen LogP contribution in [0.3, 0.4) is 0 Å². The molecule has 0 bridgehead atoms. The Kier molecular flexibility index (Phi) is 5.75. The lowest BCUT2D eigenvalue weighted by molar-refractivity contribution is -0.128. The van der Waals surface area contributed by atoms with Crippen molar-refractivity contribution in [3.8, 4) is 5.75 Å². The molecule has 0 radical (unpaired) electrons. The fourth-order valence-corrected chi connectivity index (χ4v) is 2.30. The summed E-state index contributed by atoms with van der Waals surface area (Å²) in [5.74, 6) is 0.327. The zero-order valence-corrected chi connectivity index (χ0v) is 14.8. The Hall–Kier alpha value is -2.18. The van der Waals surface area contributed by atoms with Crippen molar-refractivity contribution in [3.63, 3.8) is 0 Å². The number of carbonyl (C=O) groups excluding carboxylic acids is 2. The van der Waals surface area contributed by atoms with Crippen molar-refractivity contribution in [2.24, 2.45) is 0 Å². The van der Waals surface area contributed by atoms with Gasteiger partial charge in [-0.3, -0.25) is 20.4 Å². The summed E-state index contributed by atoms with van der Waals surface area (Å²) < 4.78 is 10.7. The van der Waals surface area contributed by atoms with Crippen LogP contribution in [0.2, 0.25) is 10.0 Å². The van der Waals surface area contributed by atoms with E-state index in [0.717, 1.165) is 0 Å². The molecule has 2 amide bonds. The highest BCUT2D eigenvalue weighted by atomic mass is 35.5. The zero-order valence-electron chi connectivity index (χ0n) is 13.3. The Labute approximate surface area is 149 Å². The molecular weight excluding hydrogens is 355 g/mol. The van der Waals surface area contributed by atoms with Crippen LogP contribution in [-0.4, -0.2) is 17.9 Å². The summed E-state index contributed by atoms with van der Waals surface area (Å²) in [6.07, 6.45) is -0.895. The van der Waals surface area contributed by atoms with Gasteiger partial charge in [0.1, 0.15) is 22.3 Å². The van der Waals surface area contributed by atoms with Crippen LogP contribution in [0.25, 0.3) is 0 Å². The molecule has 24 heavy (non-hydrogen) atoms. The van der Waals surface area contributed by atoms with Crippen molar-refractivity contribution in [1.29, 1.82) is 0 Å². The molecule has 1 atom stereocenters. The summed E-state index contributed by atoms with van der Waals surface area (Å²) in [6, 6.07) is 6.44. The van der Waals surface area contributed by atoms with Gasteiger partial charge in [0.2, 0.25) is 0 Å². The van der Waals surface area contributed by atoms with E-state index in [0.29, 0.717) is 22.1 Å². The summed E-state index contributed by atoms with van der Waals surface area (Å²) >= 11 is 11.9. The van der Waals surface area contributed by atoms with Gasteiger partial charge in [0.15, 0.2) is 6.10 Å². The molecule has 128 valence electrons. The minimum Gasteiger partial charge on any atom is -0.479 e. The normalized spacial score (nSPS) is 11.7. The molecule has 1 aromatic heterocycles. The smallest absolute Gasteiger partial charge is 0.279 e. The highest BCUT2D eigenvalue weighted by Crippen LogP contribution is 2.32. The first-order valence-corrected chi connectivity index (χ1v) is 7.83. The molecule has 0 saturated carbocycles. The second kappa shape index (κ2) is 7.59. The first-order valence-electron chi connectivity index (χ1n) is 7.07. The van der Waals surface area contributed by atoms with E-state index in [1.165, 1.54) is 6.92 Å². The third kappa shape index (κ3) is 4.21. The molecule has 1 heterocycles. The topological polar surface area (TPSA) is 80.6 Å². The number of hydrogen-bond acceptors (Lipinski definition) is 4. The van der Waals surface area contributed by atoms with Gasteiger partial charge in [-0.25, -0.2) is 0 Å². The third-order valence-corrected chi connectivity index (χ3v) is 3.98. The van der Waals surface area contributed by atoms with Crippen molar-refractivity contribution in [2.75, 3.05) is 0 Å². The molecule has 0 aliphatic carbocycles. The highest BCUT2D eigenvalue weighted by molar-refractivity contribution is 6.42. The van der Waals surface area contributed by atoms with Gasteiger partial charge in [0.05, 0.1) is 10.6 Å². The van der Waals surface area contributed by atoms with Gasteiger partial charge in [-0.1, -0.05) is 29.3 Å². The number of aryl methyl sites for hydroxylation is 2. The van der Waals surface area contributed by atoms with Gasteiger partial charge in [-0.2, -0.15) is 0 Å². The van der Waals surface area contributed by atoms with Crippen LogP contribution < -0.4 is 15.6 Å². The number of amides is 2. The van der Waals surface area contributed by atoms with Crippen molar-refractivity contribution >= 4 is 35.0 Å². The second-order valence-corrected chi connectivity index (χ2v) is 5.87. The maximum atomic E-state index is 12.0. The summed E-state index contributed by atoms with van der Waals surface area (Å²) in [5.41, 5.74) is 4.94. The molecule has 2 N–H and O–H groups in total. The van der Waals surface area contributed by atoms with Gasteiger partial charge in [0, 0.05) is 0 Å². The van der Waals surface area contributed by atoms with Crippen LogP contribution in [0.15, 0.2) is 28.7 Å². The highest BCUT2D eigenvalue weighted by Gasteiger charge is 2.19. The number of hydrazine groups is 1. The van der Waals surface area contributed by atoms with Crippen molar-refractivity contribution < 1.29 is 18.7 Å². The molecular formula is C16H16Cl2N2O4. The summed E-state index contributed by atoms with van der Waals surface area (Å²) in [6.45, 7) is 4.91. The molecule has 8 heteroatoms. The Morgan fingerprint density at radius 3 is 2.54 bits per heavy atom. The lowest BCUT2D eigenvalue weighted by atomic mass is 10.2. The Balaban J connectivity index is 1.93. The molecule has 0 spiro atoms. The third-order valence-electron chi connectivity index (χ3n) is 3.17. The van der Waals surface area contributed by atoms with Crippen LogP contribution in [0, 0.1) is 13.8 Å². The summed E-state index contributed by atoms with van der Waals surface area (Å²) in [4.78, 5) is 24.0. The number of nitrogens with one attached hydrogen (secondary N) is 2. The minimum atomic E-state index is -0.895. The molecule has 0 fully saturated rings. The Morgan fingerprint density at radius 2 is 1.92 bits per heavy atom. The van der Waals surface area contributed by atoms with E-state index >= 15 is 0 Å². The van der Waals surface area contributed by atoms with E-state index in [-0.39, 0.29) is 10.8 Å². The summed E-state index contributed by atoms with van der Waals surface area (Å²) in [5, 5.41) is 0.535. The maximum absolute atomic E-state index is 12.0. The van der Waals surface area contributed by atoms with Gasteiger partial charge >= 0.3 is 0 Å². The van der Waals surface area contributed by atoms with E-state index in [9.17, 15) is 9.59 Å². The second-order valence-electron chi connectivity index (χ2n) is 5.08. The van der Waals surface area contributed by atoms with Gasteiger partial charge < -0.3 is 9.15 Å². The standard InChI is InChI=1S/C16H16Cl2N2O4/c1-8-7-11(9(2)23-8)16(22)20-19-15(21)10(3)24-13-6-4-5-12(17)14(13)18/h4-7,10H,1-3H3,(H,19,21)(H,20,22). The minimum absolute atomic E-state index is 0.215.